The first-order valence-corrected chi connectivity index (χ1v) is 10.2. The number of pyridine rings is 2. The number of rotatable bonds is 4. The highest BCUT2D eigenvalue weighted by Crippen LogP contribution is 2.31. The van der Waals surface area contributed by atoms with E-state index in [2.05, 4.69) is 56.4 Å². The number of hydrogen-bond donors (Lipinski definition) is 1. The first-order chi connectivity index (χ1) is 14.6. The van der Waals surface area contributed by atoms with E-state index in [1.54, 1.807) is 0 Å². The van der Waals surface area contributed by atoms with Gasteiger partial charge in [0.1, 0.15) is 11.4 Å². The third kappa shape index (κ3) is 3.41. The zero-order valence-electron chi connectivity index (χ0n) is 17.5. The number of nitrogens with zero attached hydrogens (tertiary/aromatic N) is 6. The normalized spacial score (nSPS) is 16.7. The number of aromatic amines is 1. The number of hydrogen-bond acceptors (Lipinski definition) is 6. The smallest absolute Gasteiger partial charge is 0.122 e. The molecule has 1 saturated heterocycles. The Bertz CT molecular complexity index is 1200. The molecule has 4 heterocycles. The lowest BCUT2D eigenvalue weighted by Crippen LogP contribution is -2.31. The molecule has 0 amide bonds. The number of benzene rings is 1. The van der Waals surface area contributed by atoms with Crippen LogP contribution in [0.5, 0.6) is 0 Å². The van der Waals surface area contributed by atoms with Gasteiger partial charge in [-0.1, -0.05) is 17.3 Å². The number of anilines is 1. The molecule has 1 N–H and O–H groups in total. The maximum Gasteiger partial charge on any atom is 0.122 e. The third-order valence-electron chi connectivity index (χ3n) is 5.89. The molecule has 1 fully saturated rings. The Morgan fingerprint density at radius 1 is 1.13 bits per heavy atom. The molecular formula is C23H25N7. The van der Waals surface area contributed by atoms with Crippen LogP contribution < -0.4 is 4.90 Å². The fourth-order valence-corrected chi connectivity index (χ4v) is 4.13. The van der Waals surface area contributed by atoms with E-state index in [4.69, 9.17) is 4.98 Å². The summed E-state index contributed by atoms with van der Waals surface area (Å²) in [5.74, 6) is 0. The quantitative estimate of drug-likeness (QED) is 0.566. The van der Waals surface area contributed by atoms with E-state index in [-0.39, 0.29) is 0 Å². The number of nitrogens with one attached hydrogen (secondary N) is 1. The van der Waals surface area contributed by atoms with Gasteiger partial charge in [0.25, 0.3) is 0 Å². The second-order valence-electron chi connectivity index (χ2n) is 8.15. The second-order valence-corrected chi connectivity index (χ2v) is 8.15. The molecule has 0 bridgehead atoms. The molecule has 0 spiro atoms. The Hall–Kier alpha value is -3.32. The van der Waals surface area contributed by atoms with Crippen molar-refractivity contribution in [3.63, 3.8) is 0 Å². The highest BCUT2D eigenvalue weighted by Gasteiger charge is 2.24. The van der Waals surface area contributed by atoms with Gasteiger partial charge >= 0.3 is 0 Å². The van der Waals surface area contributed by atoms with E-state index in [0.717, 1.165) is 52.3 Å². The van der Waals surface area contributed by atoms with Crippen LogP contribution in [-0.4, -0.2) is 63.5 Å². The summed E-state index contributed by atoms with van der Waals surface area (Å²) in [4.78, 5) is 14.0. The van der Waals surface area contributed by atoms with Gasteiger partial charge in [-0.3, -0.25) is 15.1 Å². The van der Waals surface area contributed by atoms with Crippen LogP contribution in [0.25, 0.3) is 33.5 Å². The summed E-state index contributed by atoms with van der Waals surface area (Å²) >= 11 is 0. The van der Waals surface area contributed by atoms with Gasteiger partial charge < -0.3 is 9.80 Å². The average molecular weight is 400 g/mol. The molecular weight excluding hydrogens is 374 g/mol. The van der Waals surface area contributed by atoms with Crippen molar-refractivity contribution in [1.82, 2.24) is 30.3 Å². The zero-order valence-corrected chi connectivity index (χ0v) is 17.5. The molecule has 1 atom stereocenters. The average Bonchev–Trinajstić information content (AvgIpc) is 3.43. The molecule has 7 heteroatoms. The third-order valence-corrected chi connectivity index (χ3v) is 5.89. The first kappa shape index (κ1) is 18.7. The van der Waals surface area contributed by atoms with Crippen LogP contribution in [0.4, 0.5) is 5.69 Å². The monoisotopic (exact) mass is 399 g/mol. The predicted molar refractivity (Wildman–Crippen MR) is 119 cm³/mol. The lowest BCUT2D eigenvalue weighted by atomic mass is 10.0. The molecule has 30 heavy (non-hydrogen) atoms. The minimum Gasteiger partial charge on any atom is -0.369 e. The summed E-state index contributed by atoms with van der Waals surface area (Å²) in [5.41, 5.74) is 6.58. The molecule has 0 aliphatic carbocycles. The predicted octanol–water partition coefficient (Wildman–Crippen LogP) is 3.53. The van der Waals surface area contributed by atoms with Crippen molar-refractivity contribution in [3.8, 4) is 22.6 Å². The van der Waals surface area contributed by atoms with Crippen LogP contribution in [0, 0.1) is 6.92 Å². The van der Waals surface area contributed by atoms with Gasteiger partial charge in [0.2, 0.25) is 0 Å². The molecule has 0 saturated carbocycles. The van der Waals surface area contributed by atoms with Crippen LogP contribution in [0.15, 0.2) is 48.7 Å². The molecule has 152 valence electrons. The van der Waals surface area contributed by atoms with Crippen LogP contribution in [0.1, 0.15) is 12.1 Å². The number of H-pyrrole nitrogens is 1. The number of aromatic nitrogens is 5. The molecule has 3 aromatic heterocycles. The minimum absolute atomic E-state index is 0.589. The summed E-state index contributed by atoms with van der Waals surface area (Å²) in [6.07, 6.45) is 3.16. The standard InChI is InChI=1S/C23H25N7/c1-15-5-4-6-21(25-15)23-22(26-28-27-23)16-7-8-20-17(11-16)12-19(13-24-20)30-10-9-18(14-30)29(2)3/h4-8,11-13,18H,9-10,14H2,1-3H3,(H,26,27,28)/t18-/m0/s1. The van der Waals surface area contributed by atoms with Gasteiger partial charge in [-0.2, -0.15) is 0 Å². The molecule has 1 aromatic carbocycles. The molecule has 5 rings (SSSR count). The Morgan fingerprint density at radius 3 is 2.83 bits per heavy atom. The molecule has 7 nitrogen and oxygen atoms in total. The zero-order chi connectivity index (χ0) is 20.7. The van der Waals surface area contributed by atoms with Crippen molar-refractivity contribution in [2.24, 2.45) is 0 Å². The topological polar surface area (TPSA) is 73.8 Å². The lowest BCUT2D eigenvalue weighted by Gasteiger charge is -2.21. The molecule has 1 aliphatic heterocycles. The second kappa shape index (κ2) is 7.50. The first-order valence-electron chi connectivity index (χ1n) is 10.2. The summed E-state index contributed by atoms with van der Waals surface area (Å²) in [6.45, 7) is 4.07. The van der Waals surface area contributed by atoms with Crippen molar-refractivity contribution in [2.75, 3.05) is 32.1 Å². The Balaban J connectivity index is 1.51. The maximum atomic E-state index is 4.70. The van der Waals surface area contributed by atoms with Gasteiger partial charge in [0, 0.05) is 35.8 Å². The van der Waals surface area contributed by atoms with Crippen LogP contribution in [-0.2, 0) is 0 Å². The fourth-order valence-electron chi connectivity index (χ4n) is 4.13. The molecule has 0 radical (unpaired) electrons. The summed E-state index contributed by atoms with van der Waals surface area (Å²) in [5, 5.41) is 12.5. The van der Waals surface area contributed by atoms with Gasteiger partial charge in [0.05, 0.1) is 23.1 Å². The van der Waals surface area contributed by atoms with Gasteiger partial charge in [-0.15, -0.1) is 5.10 Å². The Kier molecular flexibility index (Phi) is 4.67. The fraction of sp³-hybridized carbons (Fsp3) is 0.304. The van der Waals surface area contributed by atoms with Gasteiger partial charge in [-0.25, -0.2) is 0 Å². The molecule has 4 aromatic rings. The van der Waals surface area contributed by atoms with Crippen LogP contribution >= 0.6 is 0 Å². The van der Waals surface area contributed by atoms with E-state index in [1.807, 2.05) is 43.5 Å². The molecule has 0 unspecified atom stereocenters. The van der Waals surface area contributed by atoms with Crippen LogP contribution in [0.3, 0.4) is 0 Å². The largest absolute Gasteiger partial charge is 0.369 e. The van der Waals surface area contributed by atoms with E-state index < -0.39 is 0 Å². The summed E-state index contributed by atoms with van der Waals surface area (Å²) < 4.78 is 0. The van der Waals surface area contributed by atoms with Gasteiger partial charge in [-0.05, 0) is 57.8 Å². The Labute approximate surface area is 175 Å². The number of fused-ring (bicyclic) bond motifs is 1. The van der Waals surface area contributed by atoms with Gasteiger partial charge in [0.15, 0.2) is 0 Å². The van der Waals surface area contributed by atoms with Crippen molar-refractivity contribution in [3.05, 3.63) is 54.4 Å². The van der Waals surface area contributed by atoms with E-state index in [9.17, 15) is 0 Å². The minimum atomic E-state index is 0.589. The SMILES string of the molecule is Cc1cccc(-c2[nH]nnc2-c2ccc3ncc(N4CC[C@H](N(C)C)C4)cc3c2)n1. The Morgan fingerprint density at radius 2 is 2.03 bits per heavy atom. The van der Waals surface area contributed by atoms with E-state index in [1.165, 1.54) is 12.1 Å². The van der Waals surface area contributed by atoms with E-state index in [0.29, 0.717) is 6.04 Å². The van der Waals surface area contributed by atoms with Crippen molar-refractivity contribution in [2.45, 2.75) is 19.4 Å². The van der Waals surface area contributed by atoms with Crippen LogP contribution in [0.2, 0.25) is 0 Å². The molecule has 1 aliphatic rings. The number of likely N-dealkylation sites (N-methyl/N-ethyl adjacent to an activating group) is 1. The number of aryl methyl sites for hydroxylation is 1. The van der Waals surface area contributed by atoms with Crippen molar-refractivity contribution in [1.29, 1.82) is 0 Å². The van der Waals surface area contributed by atoms with Crippen molar-refractivity contribution < 1.29 is 0 Å². The summed E-state index contributed by atoms with van der Waals surface area (Å²) in [7, 11) is 4.30. The maximum absolute atomic E-state index is 4.70. The highest BCUT2D eigenvalue weighted by atomic mass is 15.3. The highest BCUT2D eigenvalue weighted by molar-refractivity contribution is 5.88. The van der Waals surface area contributed by atoms with Crippen molar-refractivity contribution >= 4 is 16.6 Å². The lowest BCUT2D eigenvalue weighted by molar-refractivity contribution is 0.315. The van der Waals surface area contributed by atoms with E-state index >= 15 is 0 Å². The summed E-state index contributed by atoms with van der Waals surface area (Å²) in [6, 6.07) is 15.0.